The Kier molecular flexibility index (Phi) is 4.41. The predicted octanol–water partition coefficient (Wildman–Crippen LogP) is 2.84. The van der Waals surface area contributed by atoms with Gasteiger partial charge in [-0.15, -0.1) is 11.3 Å². The number of rotatable bonds is 3. The topological polar surface area (TPSA) is 49.3 Å². The van der Waals surface area contributed by atoms with E-state index in [2.05, 4.69) is 16.8 Å². The molecule has 1 aromatic heterocycles. The Morgan fingerprint density at radius 3 is 3.10 bits per heavy atom. The molecule has 1 heterocycles. The average Bonchev–Trinajstić information content (AvgIpc) is 2.93. The average molecular weight is 293 g/mol. The van der Waals surface area contributed by atoms with Gasteiger partial charge in [0.05, 0.1) is 12.0 Å². The van der Waals surface area contributed by atoms with Crippen molar-refractivity contribution >= 4 is 17.2 Å². The van der Waals surface area contributed by atoms with Crippen LogP contribution in [0.3, 0.4) is 0 Å². The number of fused-ring (bicyclic) bond motifs is 1. The third-order valence-electron chi connectivity index (χ3n) is 4.69. The number of carbonyl (C=O) groups excluding carboxylic acids is 1. The summed E-state index contributed by atoms with van der Waals surface area (Å²) in [5, 5.41) is 14.9. The van der Waals surface area contributed by atoms with Gasteiger partial charge in [0.2, 0.25) is 5.91 Å². The number of carbonyl (C=O) groups is 1. The van der Waals surface area contributed by atoms with Crippen LogP contribution in [0, 0.1) is 5.92 Å². The van der Waals surface area contributed by atoms with Gasteiger partial charge in [-0.05, 0) is 61.5 Å². The van der Waals surface area contributed by atoms with Gasteiger partial charge in [-0.25, -0.2) is 0 Å². The maximum atomic E-state index is 12.4. The molecule has 0 aromatic carbocycles. The predicted molar refractivity (Wildman–Crippen MR) is 81.0 cm³/mol. The molecule has 4 heteroatoms. The minimum absolute atomic E-state index is 0.0542. The summed E-state index contributed by atoms with van der Waals surface area (Å²) in [4.78, 5) is 13.8. The molecule has 3 unspecified atom stereocenters. The molecule has 2 aliphatic carbocycles. The number of aliphatic hydroxyl groups excluding tert-OH is 1. The zero-order chi connectivity index (χ0) is 13.9. The van der Waals surface area contributed by atoms with E-state index in [0.29, 0.717) is 5.92 Å². The molecule has 0 aliphatic heterocycles. The molecule has 0 bridgehead atoms. The van der Waals surface area contributed by atoms with E-state index in [-0.39, 0.29) is 17.9 Å². The first kappa shape index (κ1) is 14.1. The fraction of sp³-hybridized carbons (Fsp3) is 0.688. The van der Waals surface area contributed by atoms with E-state index < -0.39 is 0 Å². The normalized spacial score (nSPS) is 29.8. The summed E-state index contributed by atoms with van der Waals surface area (Å²) < 4.78 is 0. The SMILES string of the molecule is O=C(NCC1CCCC(O)C1)C1CCCc2sccc21. The summed E-state index contributed by atoms with van der Waals surface area (Å²) in [5.41, 5.74) is 1.25. The lowest BCUT2D eigenvalue weighted by molar-refractivity contribution is -0.123. The highest BCUT2D eigenvalue weighted by atomic mass is 32.1. The van der Waals surface area contributed by atoms with E-state index in [9.17, 15) is 9.90 Å². The molecular weight excluding hydrogens is 270 g/mol. The summed E-state index contributed by atoms with van der Waals surface area (Å²) in [6.45, 7) is 0.728. The lowest BCUT2D eigenvalue weighted by Crippen LogP contribution is -2.36. The highest BCUT2D eigenvalue weighted by Crippen LogP contribution is 2.35. The Morgan fingerprint density at radius 1 is 1.35 bits per heavy atom. The van der Waals surface area contributed by atoms with Crippen LogP contribution >= 0.6 is 11.3 Å². The molecule has 110 valence electrons. The number of nitrogens with one attached hydrogen (secondary N) is 1. The second-order valence-corrected chi connectivity index (χ2v) is 7.18. The van der Waals surface area contributed by atoms with Crippen LogP contribution in [0.1, 0.15) is 54.9 Å². The second kappa shape index (κ2) is 6.27. The fourth-order valence-corrected chi connectivity index (χ4v) is 4.56. The Balaban J connectivity index is 1.55. The van der Waals surface area contributed by atoms with Gasteiger partial charge in [0.1, 0.15) is 0 Å². The van der Waals surface area contributed by atoms with E-state index in [1.54, 1.807) is 11.3 Å². The van der Waals surface area contributed by atoms with Crippen molar-refractivity contribution in [2.45, 2.75) is 57.0 Å². The van der Waals surface area contributed by atoms with Crippen LogP contribution in [0.15, 0.2) is 11.4 Å². The monoisotopic (exact) mass is 293 g/mol. The van der Waals surface area contributed by atoms with E-state index >= 15 is 0 Å². The highest BCUT2D eigenvalue weighted by Gasteiger charge is 2.28. The molecule has 0 saturated heterocycles. The quantitative estimate of drug-likeness (QED) is 0.900. The zero-order valence-electron chi connectivity index (χ0n) is 11.8. The van der Waals surface area contributed by atoms with E-state index in [1.165, 1.54) is 10.4 Å². The lowest BCUT2D eigenvalue weighted by atomic mass is 9.85. The summed E-state index contributed by atoms with van der Waals surface area (Å²) in [5.74, 6) is 0.691. The molecule has 2 aliphatic rings. The Morgan fingerprint density at radius 2 is 2.25 bits per heavy atom. The molecule has 3 rings (SSSR count). The minimum Gasteiger partial charge on any atom is -0.393 e. The summed E-state index contributed by atoms with van der Waals surface area (Å²) in [7, 11) is 0. The molecule has 3 nitrogen and oxygen atoms in total. The minimum atomic E-state index is -0.163. The summed E-state index contributed by atoms with van der Waals surface area (Å²) in [6.07, 6.45) is 7.04. The van der Waals surface area contributed by atoms with E-state index in [4.69, 9.17) is 0 Å². The van der Waals surface area contributed by atoms with Crippen LogP contribution < -0.4 is 5.32 Å². The third kappa shape index (κ3) is 3.07. The van der Waals surface area contributed by atoms with Gasteiger partial charge in [0.15, 0.2) is 0 Å². The molecule has 1 aromatic rings. The van der Waals surface area contributed by atoms with Crippen LogP contribution in [-0.4, -0.2) is 23.7 Å². The molecule has 0 spiro atoms. The lowest BCUT2D eigenvalue weighted by Gasteiger charge is -2.27. The van der Waals surface area contributed by atoms with Crippen molar-refractivity contribution in [3.05, 3.63) is 21.9 Å². The maximum absolute atomic E-state index is 12.4. The molecule has 2 N–H and O–H groups in total. The first-order valence-electron chi connectivity index (χ1n) is 7.76. The van der Waals surface area contributed by atoms with Crippen LogP contribution in [0.4, 0.5) is 0 Å². The smallest absolute Gasteiger partial charge is 0.227 e. The van der Waals surface area contributed by atoms with Crippen molar-refractivity contribution in [1.82, 2.24) is 5.32 Å². The van der Waals surface area contributed by atoms with Gasteiger partial charge in [-0.1, -0.05) is 6.42 Å². The fourth-order valence-electron chi connectivity index (χ4n) is 3.57. The van der Waals surface area contributed by atoms with Crippen molar-refractivity contribution < 1.29 is 9.90 Å². The van der Waals surface area contributed by atoms with Crippen molar-refractivity contribution in [2.75, 3.05) is 6.54 Å². The molecular formula is C16H23NO2S. The van der Waals surface area contributed by atoms with E-state index in [1.807, 2.05) is 0 Å². The number of amides is 1. The highest BCUT2D eigenvalue weighted by molar-refractivity contribution is 7.10. The zero-order valence-corrected chi connectivity index (χ0v) is 12.6. The van der Waals surface area contributed by atoms with Crippen LogP contribution in [0.2, 0.25) is 0 Å². The second-order valence-electron chi connectivity index (χ2n) is 6.18. The Bertz CT molecular complexity index is 471. The Labute approximate surface area is 124 Å². The van der Waals surface area contributed by atoms with Crippen molar-refractivity contribution in [3.63, 3.8) is 0 Å². The molecule has 20 heavy (non-hydrogen) atoms. The molecule has 1 fully saturated rings. The van der Waals surface area contributed by atoms with Crippen LogP contribution in [0.5, 0.6) is 0 Å². The molecule has 1 saturated carbocycles. The maximum Gasteiger partial charge on any atom is 0.227 e. The molecule has 1 amide bonds. The van der Waals surface area contributed by atoms with Gasteiger partial charge < -0.3 is 10.4 Å². The van der Waals surface area contributed by atoms with Crippen LogP contribution in [0.25, 0.3) is 0 Å². The molecule has 3 atom stereocenters. The first-order chi connectivity index (χ1) is 9.74. The largest absolute Gasteiger partial charge is 0.393 e. The van der Waals surface area contributed by atoms with Gasteiger partial charge >= 0.3 is 0 Å². The first-order valence-corrected chi connectivity index (χ1v) is 8.64. The van der Waals surface area contributed by atoms with Crippen molar-refractivity contribution in [1.29, 1.82) is 0 Å². The van der Waals surface area contributed by atoms with Gasteiger partial charge in [-0.2, -0.15) is 0 Å². The van der Waals surface area contributed by atoms with Gasteiger partial charge in [0, 0.05) is 11.4 Å². The number of thiophene rings is 1. The van der Waals surface area contributed by atoms with Crippen molar-refractivity contribution in [2.24, 2.45) is 5.92 Å². The number of hydrogen-bond donors (Lipinski definition) is 2. The Hall–Kier alpha value is -0.870. The van der Waals surface area contributed by atoms with Gasteiger partial charge in [0.25, 0.3) is 0 Å². The van der Waals surface area contributed by atoms with Crippen molar-refractivity contribution in [3.8, 4) is 0 Å². The number of aryl methyl sites for hydroxylation is 1. The van der Waals surface area contributed by atoms with Gasteiger partial charge in [-0.3, -0.25) is 4.79 Å². The number of hydrogen-bond acceptors (Lipinski definition) is 3. The summed E-state index contributed by atoms with van der Waals surface area (Å²) in [6, 6.07) is 2.12. The third-order valence-corrected chi connectivity index (χ3v) is 5.69. The number of aliphatic hydroxyl groups is 1. The summed E-state index contributed by atoms with van der Waals surface area (Å²) >= 11 is 1.78. The molecule has 0 radical (unpaired) electrons. The van der Waals surface area contributed by atoms with Crippen LogP contribution in [-0.2, 0) is 11.2 Å². The van der Waals surface area contributed by atoms with E-state index in [0.717, 1.165) is 51.5 Å². The standard InChI is InChI=1S/C16H23NO2S/c18-12-4-1-3-11(9-12)10-17-16(19)14-5-2-6-15-13(14)7-8-20-15/h7-8,11-12,14,18H,1-6,9-10H2,(H,17,19).